The monoisotopic (exact) mass is 563 g/mol. The molecule has 210 valence electrons. The lowest BCUT2D eigenvalue weighted by atomic mass is 9.87. The summed E-state index contributed by atoms with van der Waals surface area (Å²) in [6.45, 7) is 1.67. The molecule has 2 aromatic heterocycles. The molecule has 3 heterocycles. The van der Waals surface area contributed by atoms with E-state index in [2.05, 4.69) is 9.71 Å². The number of benzene rings is 1. The van der Waals surface area contributed by atoms with Crippen molar-refractivity contribution in [3.63, 3.8) is 0 Å². The number of nitrogens with one attached hydrogen (secondary N) is 1. The molecule has 1 saturated heterocycles. The van der Waals surface area contributed by atoms with Crippen molar-refractivity contribution in [3.05, 3.63) is 81.5 Å². The summed E-state index contributed by atoms with van der Waals surface area (Å²) in [4.78, 5) is 17.0. The van der Waals surface area contributed by atoms with Crippen molar-refractivity contribution in [2.45, 2.75) is 62.3 Å². The second-order valence-electron chi connectivity index (χ2n) is 10.6. The molecule has 1 aromatic carbocycles. The number of sulfonamides is 1. The summed E-state index contributed by atoms with van der Waals surface area (Å²) in [6, 6.07) is 12.9. The van der Waals surface area contributed by atoms with Crippen molar-refractivity contribution in [1.82, 2.24) is 4.98 Å². The SMILES string of the molecule is N#Cc1ccnc(S(=O)(=O)Nc2cccc(C(c3c(O)cc(CCCCC4CCOCC4)oc3=O)C3CC3)c2)c1. The lowest BCUT2D eigenvalue weighted by molar-refractivity contribution is 0.0631. The predicted molar refractivity (Wildman–Crippen MR) is 149 cm³/mol. The first-order valence-electron chi connectivity index (χ1n) is 13.8. The second kappa shape index (κ2) is 12.2. The first-order chi connectivity index (χ1) is 19.3. The molecular formula is C30H33N3O6S. The molecule has 2 N–H and O–H groups in total. The number of pyridine rings is 1. The highest BCUT2D eigenvalue weighted by atomic mass is 32.2. The van der Waals surface area contributed by atoms with Crippen molar-refractivity contribution < 1.29 is 22.7 Å². The maximum Gasteiger partial charge on any atom is 0.343 e. The Bertz CT molecular complexity index is 1550. The van der Waals surface area contributed by atoms with Gasteiger partial charge in [-0.25, -0.2) is 9.78 Å². The highest BCUT2D eigenvalue weighted by molar-refractivity contribution is 7.92. The van der Waals surface area contributed by atoms with E-state index < -0.39 is 21.6 Å². The van der Waals surface area contributed by atoms with Gasteiger partial charge in [0.15, 0.2) is 5.03 Å². The van der Waals surface area contributed by atoms with E-state index in [0.717, 1.165) is 58.2 Å². The fourth-order valence-electron chi connectivity index (χ4n) is 5.45. The number of nitrogens with zero attached hydrogens (tertiary/aromatic N) is 2. The smallest absolute Gasteiger partial charge is 0.343 e. The average Bonchev–Trinajstić information content (AvgIpc) is 3.79. The summed E-state index contributed by atoms with van der Waals surface area (Å²) in [5.41, 5.74) is 0.824. The van der Waals surface area contributed by atoms with E-state index >= 15 is 0 Å². The van der Waals surface area contributed by atoms with Crippen molar-refractivity contribution >= 4 is 15.7 Å². The van der Waals surface area contributed by atoms with E-state index in [-0.39, 0.29) is 33.5 Å². The van der Waals surface area contributed by atoms with E-state index in [9.17, 15) is 18.3 Å². The third-order valence-electron chi connectivity index (χ3n) is 7.69. The highest BCUT2D eigenvalue weighted by Gasteiger charge is 2.37. The average molecular weight is 564 g/mol. The van der Waals surface area contributed by atoms with E-state index in [1.54, 1.807) is 24.3 Å². The van der Waals surface area contributed by atoms with Gasteiger partial charge < -0.3 is 14.3 Å². The summed E-state index contributed by atoms with van der Waals surface area (Å²) in [7, 11) is -4.05. The van der Waals surface area contributed by atoms with Crippen molar-refractivity contribution in [2.24, 2.45) is 11.8 Å². The maximum atomic E-state index is 13.2. The lowest BCUT2D eigenvalue weighted by Gasteiger charge is -2.21. The molecule has 2 fully saturated rings. The zero-order valence-corrected chi connectivity index (χ0v) is 23.0. The number of aromatic nitrogens is 1. The van der Waals surface area contributed by atoms with Crippen LogP contribution in [0.3, 0.4) is 0 Å². The van der Waals surface area contributed by atoms with Gasteiger partial charge in [0.05, 0.1) is 17.2 Å². The van der Waals surface area contributed by atoms with Crippen LogP contribution in [0.2, 0.25) is 0 Å². The summed E-state index contributed by atoms with van der Waals surface area (Å²) in [6.07, 6.45) is 8.85. The van der Waals surface area contributed by atoms with Gasteiger partial charge in [0.2, 0.25) is 0 Å². The number of unbranched alkanes of at least 4 members (excludes halogenated alkanes) is 1. The second-order valence-corrected chi connectivity index (χ2v) is 12.3. The fourth-order valence-corrected chi connectivity index (χ4v) is 6.47. The minimum Gasteiger partial charge on any atom is -0.507 e. The molecule has 9 nitrogen and oxygen atoms in total. The molecule has 1 aliphatic carbocycles. The Labute approximate surface area is 233 Å². The molecule has 1 atom stereocenters. The number of rotatable bonds is 11. The third-order valence-corrected chi connectivity index (χ3v) is 8.96. The van der Waals surface area contributed by atoms with Gasteiger partial charge in [0, 0.05) is 43.5 Å². The van der Waals surface area contributed by atoms with Crippen molar-refractivity contribution in [1.29, 1.82) is 5.26 Å². The quantitative estimate of drug-likeness (QED) is 0.307. The van der Waals surface area contributed by atoms with Crippen molar-refractivity contribution in [3.8, 4) is 11.8 Å². The van der Waals surface area contributed by atoms with E-state index in [4.69, 9.17) is 14.4 Å². The summed E-state index contributed by atoms with van der Waals surface area (Å²) < 4.78 is 39.4. The summed E-state index contributed by atoms with van der Waals surface area (Å²) >= 11 is 0. The predicted octanol–water partition coefficient (Wildman–Crippen LogP) is 5.09. The van der Waals surface area contributed by atoms with Gasteiger partial charge in [-0.15, -0.1) is 0 Å². The van der Waals surface area contributed by atoms with Gasteiger partial charge in [-0.2, -0.15) is 13.7 Å². The highest BCUT2D eigenvalue weighted by Crippen LogP contribution is 2.48. The van der Waals surface area contributed by atoms with Crippen LogP contribution >= 0.6 is 0 Å². The summed E-state index contributed by atoms with van der Waals surface area (Å²) in [5, 5.41) is 19.8. The first kappa shape index (κ1) is 27.9. The molecule has 1 aliphatic heterocycles. The van der Waals surface area contributed by atoms with Crippen LogP contribution in [0.5, 0.6) is 5.75 Å². The zero-order valence-electron chi connectivity index (χ0n) is 22.2. The van der Waals surface area contributed by atoms with Crippen molar-refractivity contribution in [2.75, 3.05) is 17.9 Å². The first-order valence-corrected chi connectivity index (χ1v) is 15.2. The van der Waals surface area contributed by atoms with Crippen LogP contribution in [0.4, 0.5) is 5.69 Å². The van der Waals surface area contributed by atoms with E-state index in [1.165, 1.54) is 18.3 Å². The van der Waals surface area contributed by atoms with Crippen LogP contribution in [0.15, 0.2) is 62.9 Å². The standard InChI is InChI=1S/C30H33N3O6S/c31-19-21-10-13-32-27(16-21)40(36,37)33-24-6-3-5-23(17-24)28(22-8-9-22)29-26(34)18-25(39-30(29)35)7-2-1-4-20-11-14-38-15-12-20/h3,5-6,10,13,16-18,20,22,28,33-34H,1-2,4,7-9,11-12,14-15H2. The Hall–Kier alpha value is -3.68. The van der Waals surface area contributed by atoms with Gasteiger partial charge in [0.25, 0.3) is 10.0 Å². The minimum atomic E-state index is -4.05. The molecule has 40 heavy (non-hydrogen) atoms. The van der Waals surface area contributed by atoms with E-state index in [1.807, 2.05) is 12.1 Å². The molecule has 0 amide bonds. The molecule has 1 saturated carbocycles. The number of hydrogen-bond acceptors (Lipinski definition) is 8. The van der Waals surface area contributed by atoms with Crippen LogP contribution in [-0.2, 0) is 21.2 Å². The maximum absolute atomic E-state index is 13.2. The number of ether oxygens (including phenoxy) is 1. The molecule has 10 heteroatoms. The lowest BCUT2D eigenvalue weighted by Crippen LogP contribution is -2.18. The molecule has 2 aliphatic rings. The Morgan fingerprint density at radius 2 is 1.90 bits per heavy atom. The Kier molecular flexibility index (Phi) is 8.52. The van der Waals surface area contributed by atoms with Gasteiger partial charge >= 0.3 is 5.63 Å². The normalized spacial score (nSPS) is 16.8. The Balaban J connectivity index is 1.32. The third kappa shape index (κ3) is 6.72. The van der Waals surface area contributed by atoms with Gasteiger partial charge in [-0.05, 0) is 73.8 Å². The van der Waals surface area contributed by atoms with Crippen LogP contribution in [-0.4, -0.2) is 31.7 Å². The summed E-state index contributed by atoms with van der Waals surface area (Å²) in [5.74, 6) is 0.788. The van der Waals surface area contributed by atoms with E-state index in [0.29, 0.717) is 23.7 Å². The number of aromatic hydroxyl groups is 1. The fraction of sp³-hybridized carbons (Fsp3) is 0.433. The molecule has 0 radical (unpaired) electrons. The van der Waals surface area contributed by atoms with Crippen LogP contribution in [0.1, 0.15) is 73.3 Å². The zero-order chi connectivity index (χ0) is 28.1. The number of hydrogen-bond donors (Lipinski definition) is 2. The number of aryl methyl sites for hydroxylation is 1. The van der Waals surface area contributed by atoms with Crippen LogP contribution < -0.4 is 10.3 Å². The van der Waals surface area contributed by atoms with Gasteiger partial charge in [-0.3, -0.25) is 4.72 Å². The molecular weight excluding hydrogens is 530 g/mol. The minimum absolute atomic E-state index is 0.0870. The van der Waals surface area contributed by atoms with Gasteiger partial charge in [-0.1, -0.05) is 25.0 Å². The number of anilines is 1. The Morgan fingerprint density at radius 3 is 2.62 bits per heavy atom. The largest absolute Gasteiger partial charge is 0.507 e. The number of nitriles is 1. The molecule has 1 unspecified atom stereocenters. The van der Waals surface area contributed by atoms with Crippen LogP contribution in [0.25, 0.3) is 0 Å². The molecule has 3 aromatic rings. The topological polar surface area (TPSA) is 143 Å². The molecule has 5 rings (SSSR count). The molecule has 0 bridgehead atoms. The van der Waals surface area contributed by atoms with Gasteiger partial charge in [0.1, 0.15) is 11.5 Å². The Morgan fingerprint density at radius 1 is 1.10 bits per heavy atom. The molecule has 0 spiro atoms. The van der Waals surface area contributed by atoms with Crippen LogP contribution in [0, 0.1) is 23.2 Å².